The largest absolute Gasteiger partial charge is 0.391 e. The second-order valence-electron chi connectivity index (χ2n) is 5.70. The quantitative estimate of drug-likeness (QED) is 0.861. The van der Waals surface area contributed by atoms with Gasteiger partial charge in [-0.3, -0.25) is 4.90 Å². The summed E-state index contributed by atoms with van der Waals surface area (Å²) in [6.07, 6.45) is 0.496. The van der Waals surface area contributed by atoms with Crippen molar-refractivity contribution < 1.29 is 5.11 Å². The van der Waals surface area contributed by atoms with Gasteiger partial charge in [-0.25, -0.2) is 0 Å². The third kappa shape index (κ3) is 3.78. The van der Waals surface area contributed by atoms with Crippen molar-refractivity contribution in [3.8, 4) is 0 Å². The molecule has 1 aromatic rings. The Balaban J connectivity index is 1.94. The van der Waals surface area contributed by atoms with Crippen LogP contribution < -0.4 is 5.32 Å². The first kappa shape index (κ1) is 14.5. The summed E-state index contributed by atoms with van der Waals surface area (Å²) in [5, 5.41) is 13.6. The molecule has 0 spiro atoms. The van der Waals surface area contributed by atoms with E-state index in [2.05, 4.69) is 43.1 Å². The molecule has 1 aromatic carbocycles. The van der Waals surface area contributed by atoms with Gasteiger partial charge in [0.1, 0.15) is 0 Å². The number of aliphatic hydroxyl groups is 1. The fourth-order valence-electron chi connectivity index (χ4n) is 2.74. The van der Waals surface area contributed by atoms with Gasteiger partial charge in [-0.2, -0.15) is 0 Å². The van der Waals surface area contributed by atoms with Crippen LogP contribution in [0, 0.1) is 20.8 Å². The SMILES string of the molecule is Cc1ccc(CC(O)CN2CCNCC2)c(C)c1C. The molecule has 0 amide bonds. The lowest BCUT2D eigenvalue weighted by Gasteiger charge is -2.29. The molecule has 0 saturated carbocycles. The normalized spacial score (nSPS) is 18.5. The summed E-state index contributed by atoms with van der Waals surface area (Å²) in [5.74, 6) is 0. The van der Waals surface area contributed by atoms with Gasteiger partial charge >= 0.3 is 0 Å². The van der Waals surface area contributed by atoms with Crippen LogP contribution >= 0.6 is 0 Å². The Hall–Kier alpha value is -0.900. The molecule has 1 aliphatic heterocycles. The molecule has 1 atom stereocenters. The maximum Gasteiger partial charge on any atom is 0.0707 e. The lowest BCUT2D eigenvalue weighted by atomic mass is 9.95. The van der Waals surface area contributed by atoms with Gasteiger partial charge in [0.25, 0.3) is 0 Å². The summed E-state index contributed by atoms with van der Waals surface area (Å²) in [5.41, 5.74) is 5.30. The van der Waals surface area contributed by atoms with E-state index in [1.165, 1.54) is 22.3 Å². The Morgan fingerprint density at radius 2 is 1.84 bits per heavy atom. The first-order valence-electron chi connectivity index (χ1n) is 7.24. The van der Waals surface area contributed by atoms with E-state index in [1.54, 1.807) is 0 Å². The van der Waals surface area contributed by atoms with Crippen LogP contribution in [0.25, 0.3) is 0 Å². The minimum Gasteiger partial charge on any atom is -0.391 e. The van der Waals surface area contributed by atoms with Gasteiger partial charge in [0.05, 0.1) is 6.10 Å². The number of nitrogens with one attached hydrogen (secondary N) is 1. The molecular weight excluding hydrogens is 236 g/mol. The minimum atomic E-state index is -0.265. The van der Waals surface area contributed by atoms with E-state index >= 15 is 0 Å². The van der Waals surface area contributed by atoms with Gasteiger partial charge in [-0.1, -0.05) is 12.1 Å². The number of aryl methyl sites for hydroxylation is 1. The Labute approximate surface area is 116 Å². The van der Waals surface area contributed by atoms with E-state index in [-0.39, 0.29) is 6.10 Å². The highest BCUT2D eigenvalue weighted by atomic mass is 16.3. The second-order valence-corrected chi connectivity index (χ2v) is 5.70. The van der Waals surface area contributed by atoms with Crippen LogP contribution in [0.5, 0.6) is 0 Å². The fraction of sp³-hybridized carbons (Fsp3) is 0.625. The average Bonchev–Trinajstić information content (AvgIpc) is 2.41. The van der Waals surface area contributed by atoms with Crippen molar-refractivity contribution >= 4 is 0 Å². The highest BCUT2D eigenvalue weighted by molar-refractivity contribution is 5.39. The van der Waals surface area contributed by atoms with Crippen molar-refractivity contribution in [1.29, 1.82) is 0 Å². The summed E-state index contributed by atoms with van der Waals surface area (Å²) in [6.45, 7) is 11.4. The Morgan fingerprint density at radius 3 is 2.53 bits per heavy atom. The fourth-order valence-corrected chi connectivity index (χ4v) is 2.74. The molecule has 2 rings (SSSR count). The Bertz CT molecular complexity index is 425. The van der Waals surface area contributed by atoms with Crippen molar-refractivity contribution in [2.75, 3.05) is 32.7 Å². The zero-order chi connectivity index (χ0) is 13.8. The first-order chi connectivity index (χ1) is 9.08. The summed E-state index contributed by atoms with van der Waals surface area (Å²) in [6, 6.07) is 4.33. The first-order valence-corrected chi connectivity index (χ1v) is 7.24. The van der Waals surface area contributed by atoms with Gasteiger partial charge in [-0.05, 0) is 49.4 Å². The van der Waals surface area contributed by atoms with E-state index in [4.69, 9.17) is 0 Å². The van der Waals surface area contributed by atoms with Gasteiger partial charge in [0, 0.05) is 32.7 Å². The number of benzene rings is 1. The van der Waals surface area contributed by atoms with Crippen LogP contribution in [0.4, 0.5) is 0 Å². The maximum atomic E-state index is 10.3. The molecule has 2 N–H and O–H groups in total. The zero-order valence-corrected chi connectivity index (χ0v) is 12.4. The lowest BCUT2D eigenvalue weighted by Crippen LogP contribution is -2.46. The topological polar surface area (TPSA) is 35.5 Å². The smallest absolute Gasteiger partial charge is 0.0707 e. The highest BCUT2D eigenvalue weighted by Gasteiger charge is 2.15. The van der Waals surface area contributed by atoms with Crippen LogP contribution in [0.1, 0.15) is 22.3 Å². The minimum absolute atomic E-state index is 0.265. The van der Waals surface area contributed by atoms with E-state index < -0.39 is 0 Å². The van der Waals surface area contributed by atoms with Crippen molar-refractivity contribution in [3.63, 3.8) is 0 Å². The van der Waals surface area contributed by atoms with E-state index in [1.807, 2.05) is 0 Å². The van der Waals surface area contributed by atoms with Crippen LogP contribution in [-0.4, -0.2) is 48.8 Å². The molecule has 0 bridgehead atoms. The summed E-state index contributed by atoms with van der Waals surface area (Å²) >= 11 is 0. The van der Waals surface area contributed by atoms with E-state index in [0.717, 1.165) is 39.1 Å². The third-order valence-electron chi connectivity index (χ3n) is 4.30. The van der Waals surface area contributed by atoms with Crippen molar-refractivity contribution in [2.45, 2.75) is 33.3 Å². The summed E-state index contributed by atoms with van der Waals surface area (Å²) in [7, 11) is 0. The monoisotopic (exact) mass is 262 g/mol. The van der Waals surface area contributed by atoms with E-state index in [9.17, 15) is 5.11 Å². The van der Waals surface area contributed by atoms with Gasteiger partial charge < -0.3 is 10.4 Å². The molecule has 1 saturated heterocycles. The van der Waals surface area contributed by atoms with Crippen LogP contribution in [0.3, 0.4) is 0 Å². The molecule has 3 heteroatoms. The van der Waals surface area contributed by atoms with Crippen LogP contribution in [0.15, 0.2) is 12.1 Å². The molecule has 3 nitrogen and oxygen atoms in total. The number of nitrogens with zero attached hydrogens (tertiary/aromatic N) is 1. The van der Waals surface area contributed by atoms with Crippen LogP contribution in [0.2, 0.25) is 0 Å². The third-order valence-corrected chi connectivity index (χ3v) is 4.30. The Morgan fingerprint density at radius 1 is 1.16 bits per heavy atom. The number of hydrogen-bond donors (Lipinski definition) is 2. The molecular formula is C16H26N2O. The van der Waals surface area contributed by atoms with Crippen molar-refractivity contribution in [2.24, 2.45) is 0 Å². The van der Waals surface area contributed by atoms with Crippen molar-refractivity contribution in [1.82, 2.24) is 10.2 Å². The van der Waals surface area contributed by atoms with Crippen molar-refractivity contribution in [3.05, 3.63) is 34.4 Å². The molecule has 19 heavy (non-hydrogen) atoms. The predicted octanol–water partition coefficient (Wildman–Crippen LogP) is 1.42. The number of aliphatic hydroxyl groups excluding tert-OH is 1. The summed E-state index contributed by atoms with van der Waals surface area (Å²) in [4.78, 5) is 2.34. The summed E-state index contributed by atoms with van der Waals surface area (Å²) < 4.78 is 0. The molecule has 106 valence electrons. The molecule has 1 aliphatic rings. The number of hydrogen-bond acceptors (Lipinski definition) is 3. The molecule has 0 aromatic heterocycles. The molecule has 0 radical (unpaired) electrons. The number of β-amino-alcohol motifs (C(OH)–C–C–N with tert-alkyl or cyclic N) is 1. The standard InChI is InChI=1S/C16H26N2O/c1-12-4-5-15(14(3)13(12)2)10-16(19)11-18-8-6-17-7-9-18/h4-5,16-17,19H,6-11H2,1-3H3. The average molecular weight is 262 g/mol. The lowest BCUT2D eigenvalue weighted by molar-refractivity contribution is 0.105. The molecule has 1 unspecified atom stereocenters. The Kier molecular flexibility index (Phi) is 4.97. The molecule has 1 fully saturated rings. The number of rotatable bonds is 4. The second kappa shape index (κ2) is 6.51. The predicted molar refractivity (Wildman–Crippen MR) is 79.7 cm³/mol. The number of piperazine rings is 1. The van der Waals surface area contributed by atoms with Gasteiger partial charge in [0.15, 0.2) is 0 Å². The molecule has 0 aliphatic carbocycles. The maximum absolute atomic E-state index is 10.3. The zero-order valence-electron chi connectivity index (χ0n) is 12.4. The highest BCUT2D eigenvalue weighted by Crippen LogP contribution is 2.18. The molecule has 1 heterocycles. The van der Waals surface area contributed by atoms with E-state index in [0.29, 0.717) is 0 Å². The van der Waals surface area contributed by atoms with Crippen LogP contribution in [-0.2, 0) is 6.42 Å². The van der Waals surface area contributed by atoms with Gasteiger partial charge in [-0.15, -0.1) is 0 Å². The van der Waals surface area contributed by atoms with Gasteiger partial charge in [0.2, 0.25) is 0 Å².